The van der Waals surface area contributed by atoms with Gasteiger partial charge in [0.2, 0.25) is 11.8 Å². The first-order chi connectivity index (χ1) is 13.2. The number of aryl methyl sites for hydroxylation is 2. The maximum Gasteiger partial charge on any atom is 0.251 e. The molecule has 1 atom stereocenters. The van der Waals surface area contributed by atoms with Crippen LogP contribution < -0.4 is 16.0 Å². The van der Waals surface area contributed by atoms with Crippen LogP contribution in [0.5, 0.6) is 0 Å². The zero-order valence-electron chi connectivity index (χ0n) is 16.9. The van der Waals surface area contributed by atoms with E-state index in [0.717, 1.165) is 11.1 Å². The Bertz CT molecular complexity index is 890. The van der Waals surface area contributed by atoms with Crippen molar-refractivity contribution < 1.29 is 14.4 Å². The number of carbonyl (C=O) groups is 3. The van der Waals surface area contributed by atoms with Gasteiger partial charge in [0, 0.05) is 23.9 Å². The molecule has 0 radical (unpaired) electrons. The molecule has 0 heterocycles. The lowest BCUT2D eigenvalue weighted by molar-refractivity contribution is -0.119. The molecule has 3 amide bonds. The Morgan fingerprint density at radius 3 is 2.21 bits per heavy atom. The fourth-order valence-corrected chi connectivity index (χ4v) is 2.84. The Labute approximate surface area is 165 Å². The van der Waals surface area contributed by atoms with E-state index in [1.54, 1.807) is 30.3 Å². The summed E-state index contributed by atoms with van der Waals surface area (Å²) in [4.78, 5) is 36.5. The Morgan fingerprint density at radius 2 is 1.64 bits per heavy atom. The van der Waals surface area contributed by atoms with Gasteiger partial charge in [0.15, 0.2) is 0 Å². The van der Waals surface area contributed by atoms with E-state index >= 15 is 0 Å². The summed E-state index contributed by atoms with van der Waals surface area (Å²) in [5.74, 6) is -0.815. The van der Waals surface area contributed by atoms with Crippen molar-refractivity contribution >= 4 is 29.1 Å². The van der Waals surface area contributed by atoms with Crippen molar-refractivity contribution in [2.24, 2.45) is 5.92 Å². The first-order valence-corrected chi connectivity index (χ1v) is 9.24. The molecule has 2 aromatic carbocycles. The van der Waals surface area contributed by atoms with E-state index in [1.165, 1.54) is 6.92 Å². The standard InChI is InChI=1S/C22H27N3O3/c1-13(2)20(25-21(27)17-8-6-7-14(3)11-17)22(28)24-18-9-10-19(15(4)12-18)23-16(5)26/h6-13,20H,1-5H3,(H,23,26)(H,24,28)(H,25,27). The number of rotatable bonds is 6. The van der Waals surface area contributed by atoms with Crippen LogP contribution >= 0.6 is 0 Å². The van der Waals surface area contributed by atoms with Crippen LogP contribution in [0.2, 0.25) is 0 Å². The summed E-state index contributed by atoms with van der Waals surface area (Å²) in [5, 5.41) is 8.41. The quantitative estimate of drug-likeness (QED) is 0.714. The summed E-state index contributed by atoms with van der Waals surface area (Å²) in [6, 6.07) is 11.8. The van der Waals surface area contributed by atoms with E-state index in [9.17, 15) is 14.4 Å². The van der Waals surface area contributed by atoms with Crippen molar-refractivity contribution in [3.8, 4) is 0 Å². The third kappa shape index (κ3) is 5.67. The maximum atomic E-state index is 12.8. The molecule has 28 heavy (non-hydrogen) atoms. The van der Waals surface area contributed by atoms with Gasteiger partial charge < -0.3 is 16.0 Å². The smallest absolute Gasteiger partial charge is 0.251 e. The number of nitrogens with one attached hydrogen (secondary N) is 3. The van der Waals surface area contributed by atoms with Gasteiger partial charge in [-0.3, -0.25) is 14.4 Å². The number of hydrogen-bond acceptors (Lipinski definition) is 3. The van der Waals surface area contributed by atoms with Crippen molar-refractivity contribution in [2.75, 3.05) is 10.6 Å². The average molecular weight is 381 g/mol. The summed E-state index contributed by atoms with van der Waals surface area (Å²) < 4.78 is 0. The summed E-state index contributed by atoms with van der Waals surface area (Å²) in [7, 11) is 0. The van der Waals surface area contributed by atoms with Gasteiger partial charge in [-0.1, -0.05) is 31.5 Å². The molecule has 0 fully saturated rings. The van der Waals surface area contributed by atoms with Crippen LogP contribution in [0.3, 0.4) is 0 Å². The van der Waals surface area contributed by atoms with Gasteiger partial charge in [0.25, 0.3) is 5.91 Å². The zero-order chi connectivity index (χ0) is 20.8. The summed E-state index contributed by atoms with van der Waals surface area (Å²) in [6.07, 6.45) is 0. The van der Waals surface area contributed by atoms with Crippen LogP contribution in [-0.2, 0) is 9.59 Å². The van der Waals surface area contributed by atoms with E-state index in [-0.39, 0.29) is 23.6 Å². The van der Waals surface area contributed by atoms with Crippen molar-refractivity contribution in [1.29, 1.82) is 0 Å². The summed E-state index contributed by atoms with van der Waals surface area (Å²) in [6.45, 7) is 8.97. The van der Waals surface area contributed by atoms with Crippen LogP contribution in [0, 0.1) is 19.8 Å². The van der Waals surface area contributed by atoms with Crippen molar-refractivity contribution in [1.82, 2.24) is 5.32 Å². The molecule has 6 nitrogen and oxygen atoms in total. The molecule has 2 rings (SSSR count). The highest BCUT2D eigenvalue weighted by molar-refractivity contribution is 6.01. The van der Waals surface area contributed by atoms with Gasteiger partial charge in [-0.05, 0) is 55.7 Å². The molecule has 0 aliphatic carbocycles. The molecule has 0 aliphatic heterocycles. The lowest BCUT2D eigenvalue weighted by atomic mass is 10.0. The van der Waals surface area contributed by atoms with Crippen LogP contribution in [0.4, 0.5) is 11.4 Å². The molecule has 0 saturated carbocycles. The van der Waals surface area contributed by atoms with E-state index in [0.29, 0.717) is 16.9 Å². The number of carbonyl (C=O) groups excluding carboxylic acids is 3. The van der Waals surface area contributed by atoms with Gasteiger partial charge in [-0.15, -0.1) is 0 Å². The van der Waals surface area contributed by atoms with Crippen LogP contribution in [0.1, 0.15) is 42.3 Å². The normalized spacial score (nSPS) is 11.6. The Balaban J connectivity index is 2.11. The molecule has 0 aliphatic rings. The second-order valence-corrected chi connectivity index (χ2v) is 7.26. The second-order valence-electron chi connectivity index (χ2n) is 7.26. The highest BCUT2D eigenvalue weighted by Crippen LogP contribution is 2.20. The lowest BCUT2D eigenvalue weighted by Crippen LogP contribution is -2.47. The minimum atomic E-state index is -0.677. The highest BCUT2D eigenvalue weighted by Gasteiger charge is 2.25. The first kappa shape index (κ1) is 21.2. The van der Waals surface area contributed by atoms with Gasteiger partial charge in [-0.2, -0.15) is 0 Å². The van der Waals surface area contributed by atoms with Crippen LogP contribution in [-0.4, -0.2) is 23.8 Å². The van der Waals surface area contributed by atoms with Crippen molar-refractivity contribution in [2.45, 2.75) is 40.7 Å². The Morgan fingerprint density at radius 1 is 0.929 bits per heavy atom. The van der Waals surface area contributed by atoms with E-state index < -0.39 is 6.04 Å². The number of anilines is 2. The van der Waals surface area contributed by atoms with Crippen LogP contribution in [0.15, 0.2) is 42.5 Å². The molecule has 2 aromatic rings. The fourth-order valence-electron chi connectivity index (χ4n) is 2.84. The van der Waals surface area contributed by atoms with E-state index in [2.05, 4.69) is 16.0 Å². The average Bonchev–Trinajstić information content (AvgIpc) is 2.61. The zero-order valence-corrected chi connectivity index (χ0v) is 16.9. The van der Waals surface area contributed by atoms with Gasteiger partial charge >= 0.3 is 0 Å². The van der Waals surface area contributed by atoms with Gasteiger partial charge in [0.05, 0.1) is 0 Å². The molecule has 1 unspecified atom stereocenters. The third-order valence-corrected chi connectivity index (χ3v) is 4.32. The number of benzene rings is 2. The van der Waals surface area contributed by atoms with Gasteiger partial charge in [0.1, 0.15) is 6.04 Å². The topological polar surface area (TPSA) is 87.3 Å². The molecular weight excluding hydrogens is 354 g/mol. The fraction of sp³-hybridized carbons (Fsp3) is 0.318. The molecular formula is C22H27N3O3. The van der Waals surface area contributed by atoms with Crippen LogP contribution in [0.25, 0.3) is 0 Å². The van der Waals surface area contributed by atoms with E-state index in [1.807, 2.05) is 39.8 Å². The Kier molecular flexibility index (Phi) is 6.93. The third-order valence-electron chi connectivity index (χ3n) is 4.32. The maximum absolute atomic E-state index is 12.8. The molecule has 3 N–H and O–H groups in total. The minimum Gasteiger partial charge on any atom is -0.340 e. The first-order valence-electron chi connectivity index (χ1n) is 9.24. The summed E-state index contributed by atoms with van der Waals surface area (Å²) in [5.41, 5.74) is 3.63. The predicted octanol–water partition coefficient (Wildman–Crippen LogP) is 3.65. The molecule has 0 bridgehead atoms. The second kappa shape index (κ2) is 9.17. The molecule has 0 saturated heterocycles. The lowest BCUT2D eigenvalue weighted by Gasteiger charge is -2.22. The number of amides is 3. The van der Waals surface area contributed by atoms with E-state index in [4.69, 9.17) is 0 Å². The molecule has 0 spiro atoms. The van der Waals surface area contributed by atoms with Crippen molar-refractivity contribution in [3.63, 3.8) is 0 Å². The predicted molar refractivity (Wildman–Crippen MR) is 111 cm³/mol. The summed E-state index contributed by atoms with van der Waals surface area (Å²) >= 11 is 0. The highest BCUT2D eigenvalue weighted by atomic mass is 16.2. The molecule has 148 valence electrons. The van der Waals surface area contributed by atoms with Crippen molar-refractivity contribution in [3.05, 3.63) is 59.2 Å². The number of hydrogen-bond donors (Lipinski definition) is 3. The van der Waals surface area contributed by atoms with Gasteiger partial charge in [-0.25, -0.2) is 0 Å². The largest absolute Gasteiger partial charge is 0.340 e. The SMILES string of the molecule is CC(=O)Nc1ccc(NC(=O)C(NC(=O)c2cccc(C)c2)C(C)C)cc1C. The monoisotopic (exact) mass is 381 g/mol. The Hall–Kier alpha value is -3.15. The molecule has 0 aromatic heterocycles. The minimum absolute atomic E-state index is 0.0893. The molecule has 6 heteroatoms.